The number of amides is 2. The minimum absolute atomic E-state index is 0.0968. The number of aromatic amines is 1. The van der Waals surface area contributed by atoms with Gasteiger partial charge in [0.2, 0.25) is 11.9 Å². The second kappa shape index (κ2) is 13.5. The average Bonchev–Trinajstić information content (AvgIpc) is 3.42. The molecule has 2 aromatic carbocycles. The number of rotatable bonds is 11. The number of H-pyrrole nitrogens is 1. The van der Waals surface area contributed by atoms with Crippen LogP contribution < -0.4 is 20.1 Å². The predicted octanol–water partition coefficient (Wildman–Crippen LogP) is 4.43. The summed E-state index contributed by atoms with van der Waals surface area (Å²) in [5.74, 6) is 1.57. The molecule has 4 rings (SSSR count). The Morgan fingerprint density at radius 1 is 1.13 bits per heavy atom. The maximum absolute atomic E-state index is 12.9. The summed E-state index contributed by atoms with van der Waals surface area (Å²) in [7, 11) is 1.56. The number of anilines is 1. The highest BCUT2D eigenvalue weighted by atomic mass is 35.5. The molecule has 9 nitrogen and oxygen atoms in total. The second-order valence-electron chi connectivity index (χ2n) is 9.12. The van der Waals surface area contributed by atoms with Gasteiger partial charge in [0.15, 0.2) is 11.5 Å². The molecule has 202 valence electrons. The lowest BCUT2D eigenvalue weighted by atomic mass is 9.96. The number of halogens is 2. The van der Waals surface area contributed by atoms with E-state index >= 15 is 0 Å². The molecule has 1 aliphatic rings. The van der Waals surface area contributed by atoms with Crippen LogP contribution in [0.25, 0.3) is 0 Å². The van der Waals surface area contributed by atoms with Crippen molar-refractivity contribution in [2.75, 3.05) is 45.2 Å². The summed E-state index contributed by atoms with van der Waals surface area (Å²) < 4.78 is 11.3. The molecule has 38 heavy (non-hydrogen) atoms. The van der Waals surface area contributed by atoms with Gasteiger partial charge < -0.3 is 19.8 Å². The van der Waals surface area contributed by atoms with E-state index in [1.807, 2.05) is 6.07 Å². The average molecular weight is 560 g/mol. The second-order valence-corrected chi connectivity index (χ2v) is 9.96. The first-order chi connectivity index (χ1) is 18.4. The van der Waals surface area contributed by atoms with Gasteiger partial charge >= 0.3 is 0 Å². The summed E-state index contributed by atoms with van der Waals surface area (Å²) in [6.45, 7) is 2.84. The molecule has 1 fully saturated rings. The number of likely N-dealkylation sites (tertiary alicyclic amines) is 1. The molecule has 0 aliphatic carbocycles. The zero-order valence-corrected chi connectivity index (χ0v) is 22.6. The minimum Gasteiger partial charge on any atom is -0.493 e. The topological polar surface area (TPSA) is 109 Å². The molecule has 0 unspecified atom stereocenters. The zero-order chi connectivity index (χ0) is 26.9. The van der Waals surface area contributed by atoms with Gasteiger partial charge in [0.1, 0.15) is 0 Å². The van der Waals surface area contributed by atoms with Crippen LogP contribution in [0.15, 0.2) is 48.8 Å². The van der Waals surface area contributed by atoms with E-state index in [1.54, 1.807) is 49.8 Å². The Labute approximate surface area is 231 Å². The fraction of sp³-hybridized carbons (Fsp3) is 0.370. The van der Waals surface area contributed by atoms with Crippen LogP contribution in [0.2, 0.25) is 10.0 Å². The maximum Gasteiger partial charge on any atom is 0.251 e. The molecular formula is C27H31Cl2N5O4. The first-order valence-corrected chi connectivity index (χ1v) is 13.2. The Bertz CT molecular complexity index is 1230. The van der Waals surface area contributed by atoms with E-state index in [1.165, 1.54) is 0 Å². The van der Waals surface area contributed by atoms with E-state index in [-0.39, 0.29) is 11.8 Å². The Morgan fingerprint density at radius 3 is 2.66 bits per heavy atom. The van der Waals surface area contributed by atoms with Gasteiger partial charge in [-0.1, -0.05) is 29.3 Å². The van der Waals surface area contributed by atoms with Gasteiger partial charge in [-0.15, -0.1) is 0 Å². The summed E-state index contributed by atoms with van der Waals surface area (Å²) in [4.78, 5) is 34.0. The lowest BCUT2D eigenvalue weighted by molar-refractivity contribution is -0.117. The number of methoxy groups -OCH3 is 1. The lowest BCUT2D eigenvalue weighted by Crippen LogP contribution is -2.42. The summed E-state index contributed by atoms with van der Waals surface area (Å²) in [6.07, 6.45) is 5.64. The molecule has 1 aromatic heterocycles. The van der Waals surface area contributed by atoms with Crippen LogP contribution in [0, 0.1) is 5.92 Å². The van der Waals surface area contributed by atoms with Gasteiger partial charge in [-0.25, -0.2) is 4.98 Å². The first kappa shape index (κ1) is 27.8. The molecule has 0 spiro atoms. The van der Waals surface area contributed by atoms with Crippen molar-refractivity contribution in [3.05, 3.63) is 70.0 Å². The Kier molecular flexibility index (Phi) is 9.86. The molecule has 0 bridgehead atoms. The number of nitrogens with one attached hydrogen (secondary N) is 3. The van der Waals surface area contributed by atoms with Crippen LogP contribution in [0.3, 0.4) is 0 Å². The number of hydrogen-bond acceptors (Lipinski definition) is 6. The molecule has 3 N–H and O–H groups in total. The van der Waals surface area contributed by atoms with Crippen LogP contribution in [0.4, 0.5) is 5.95 Å². The maximum atomic E-state index is 12.9. The number of aromatic nitrogens is 2. The standard InChI is InChI=1S/C27H31Cl2N5O4/c1-37-23-5-3-20(14-24(23)38-13-8-19-2-4-21(28)15-22(19)29)26(36)32-16-18-6-11-34(12-7-18)17-25(35)33-27-30-9-10-31-27/h2-5,9-10,14-15,18H,6-8,11-13,16-17H2,1H3,(H,32,36)(H2,30,31,33,35). The summed E-state index contributed by atoms with van der Waals surface area (Å²) in [5.41, 5.74) is 1.42. The third kappa shape index (κ3) is 7.86. The lowest BCUT2D eigenvalue weighted by Gasteiger charge is -2.31. The van der Waals surface area contributed by atoms with Crippen LogP contribution in [0.5, 0.6) is 11.5 Å². The van der Waals surface area contributed by atoms with Crippen molar-refractivity contribution >= 4 is 41.0 Å². The predicted molar refractivity (Wildman–Crippen MR) is 147 cm³/mol. The van der Waals surface area contributed by atoms with E-state index in [4.69, 9.17) is 32.7 Å². The SMILES string of the molecule is COc1ccc(C(=O)NCC2CCN(CC(=O)Nc3ncc[nH]3)CC2)cc1OCCc1ccc(Cl)cc1Cl. The van der Waals surface area contributed by atoms with Gasteiger partial charge in [-0.2, -0.15) is 0 Å². The fourth-order valence-corrected chi connectivity index (χ4v) is 4.83. The number of hydrogen-bond donors (Lipinski definition) is 3. The molecule has 1 saturated heterocycles. The van der Waals surface area contributed by atoms with Crippen molar-refractivity contribution in [3.8, 4) is 11.5 Å². The molecule has 2 heterocycles. The molecule has 3 aromatic rings. The number of nitrogens with zero attached hydrogens (tertiary/aromatic N) is 2. The highest BCUT2D eigenvalue weighted by Gasteiger charge is 2.22. The zero-order valence-electron chi connectivity index (χ0n) is 21.1. The molecule has 0 saturated carbocycles. The summed E-state index contributed by atoms with van der Waals surface area (Å²) in [6, 6.07) is 10.5. The Hall–Kier alpha value is -3.27. The van der Waals surface area contributed by atoms with E-state index in [0.717, 1.165) is 31.5 Å². The highest BCUT2D eigenvalue weighted by molar-refractivity contribution is 6.35. The van der Waals surface area contributed by atoms with Crippen molar-refractivity contribution in [3.63, 3.8) is 0 Å². The normalized spacial score (nSPS) is 14.2. The molecular weight excluding hydrogens is 529 g/mol. The van der Waals surface area contributed by atoms with Crippen molar-refractivity contribution in [2.24, 2.45) is 5.92 Å². The third-order valence-electron chi connectivity index (χ3n) is 6.45. The Balaban J connectivity index is 1.22. The molecule has 0 radical (unpaired) electrons. The minimum atomic E-state index is -0.168. The number of imidazole rings is 1. The molecule has 1 aliphatic heterocycles. The van der Waals surface area contributed by atoms with E-state index in [9.17, 15) is 9.59 Å². The molecule has 11 heteroatoms. The molecule has 0 atom stereocenters. The summed E-state index contributed by atoms with van der Waals surface area (Å²) in [5, 5.41) is 6.95. The van der Waals surface area contributed by atoms with Crippen molar-refractivity contribution in [1.29, 1.82) is 0 Å². The highest BCUT2D eigenvalue weighted by Crippen LogP contribution is 2.29. The summed E-state index contributed by atoms with van der Waals surface area (Å²) >= 11 is 12.2. The van der Waals surface area contributed by atoms with Crippen molar-refractivity contribution in [1.82, 2.24) is 20.2 Å². The van der Waals surface area contributed by atoms with Crippen molar-refractivity contribution in [2.45, 2.75) is 19.3 Å². The van der Waals surface area contributed by atoms with Gasteiger partial charge in [-0.05, 0) is 67.7 Å². The van der Waals surface area contributed by atoms with E-state index in [2.05, 4.69) is 25.5 Å². The van der Waals surface area contributed by atoms with Gasteiger partial charge in [0.25, 0.3) is 5.91 Å². The third-order valence-corrected chi connectivity index (χ3v) is 7.04. The van der Waals surface area contributed by atoms with Crippen LogP contribution in [-0.4, -0.2) is 66.6 Å². The molecule has 2 amide bonds. The monoisotopic (exact) mass is 559 g/mol. The van der Waals surface area contributed by atoms with Gasteiger partial charge in [0, 0.05) is 41.0 Å². The van der Waals surface area contributed by atoms with Crippen LogP contribution in [0.1, 0.15) is 28.8 Å². The number of benzene rings is 2. The Morgan fingerprint density at radius 2 is 1.95 bits per heavy atom. The van der Waals surface area contributed by atoms with E-state index < -0.39 is 0 Å². The quantitative estimate of drug-likeness (QED) is 0.320. The number of carbonyl (C=O) groups excluding carboxylic acids is 2. The number of piperidine rings is 1. The number of ether oxygens (including phenoxy) is 2. The first-order valence-electron chi connectivity index (χ1n) is 12.5. The number of carbonyl (C=O) groups is 2. The van der Waals surface area contributed by atoms with Gasteiger partial charge in [-0.3, -0.25) is 19.8 Å². The largest absolute Gasteiger partial charge is 0.493 e. The smallest absolute Gasteiger partial charge is 0.251 e. The van der Waals surface area contributed by atoms with Crippen LogP contribution >= 0.6 is 23.2 Å². The van der Waals surface area contributed by atoms with E-state index in [0.29, 0.717) is 65.1 Å². The van der Waals surface area contributed by atoms with Gasteiger partial charge in [0.05, 0.1) is 20.3 Å². The fourth-order valence-electron chi connectivity index (χ4n) is 4.32. The van der Waals surface area contributed by atoms with Crippen LogP contribution in [-0.2, 0) is 11.2 Å². The van der Waals surface area contributed by atoms with Crippen molar-refractivity contribution < 1.29 is 19.1 Å².